The van der Waals surface area contributed by atoms with Crippen LogP contribution in [0, 0.1) is 5.92 Å². The molecule has 14 heavy (non-hydrogen) atoms. The van der Waals surface area contributed by atoms with Crippen molar-refractivity contribution < 1.29 is 9.59 Å². The van der Waals surface area contributed by atoms with E-state index in [0.717, 1.165) is 11.5 Å². The van der Waals surface area contributed by atoms with Crippen LogP contribution in [0.15, 0.2) is 6.20 Å². The second-order valence-electron chi connectivity index (χ2n) is 3.09. The van der Waals surface area contributed by atoms with E-state index < -0.39 is 0 Å². The minimum Gasteiger partial charge on any atom is -0.344 e. The lowest BCUT2D eigenvalue weighted by molar-refractivity contribution is -0.120. The van der Waals surface area contributed by atoms with Gasteiger partial charge in [0.2, 0.25) is 0 Å². The van der Waals surface area contributed by atoms with E-state index in [2.05, 4.69) is 14.9 Å². The first-order valence-electron chi connectivity index (χ1n) is 4.19. The Kier molecular flexibility index (Phi) is 3.70. The molecule has 0 unspecified atom stereocenters. The summed E-state index contributed by atoms with van der Waals surface area (Å²) in [5, 5.41) is 6.04. The molecule has 1 heterocycles. The predicted molar refractivity (Wildman–Crippen MR) is 52.1 cm³/mol. The molecular weight excluding hydrogens is 202 g/mol. The molecule has 1 amide bonds. The summed E-state index contributed by atoms with van der Waals surface area (Å²) < 4.78 is 3.55. The highest BCUT2D eigenvalue weighted by atomic mass is 32.1. The molecule has 6 heteroatoms. The van der Waals surface area contributed by atoms with Crippen molar-refractivity contribution in [3.8, 4) is 0 Å². The number of hydrogen-bond donors (Lipinski definition) is 1. The number of rotatable bonds is 4. The van der Waals surface area contributed by atoms with Crippen LogP contribution in [0.5, 0.6) is 0 Å². The molecule has 0 spiro atoms. The maximum Gasteiger partial charge on any atom is 0.265 e. The summed E-state index contributed by atoms with van der Waals surface area (Å²) in [6.07, 6.45) is 1.37. The first kappa shape index (κ1) is 10.8. The quantitative estimate of drug-likeness (QED) is 0.790. The fraction of sp³-hybridized carbons (Fsp3) is 0.500. The third-order valence-corrected chi connectivity index (χ3v) is 2.32. The number of aromatic nitrogens is 2. The van der Waals surface area contributed by atoms with Gasteiger partial charge in [-0.1, -0.05) is 18.3 Å². The predicted octanol–water partition coefficient (Wildman–Crippen LogP) is 0.493. The van der Waals surface area contributed by atoms with Crippen molar-refractivity contribution >= 4 is 23.2 Å². The lowest BCUT2D eigenvalue weighted by Crippen LogP contribution is -2.31. The lowest BCUT2D eigenvalue weighted by Gasteiger charge is -2.04. The lowest BCUT2D eigenvalue weighted by atomic mass is 10.1. The Morgan fingerprint density at radius 1 is 1.57 bits per heavy atom. The molecule has 0 bridgehead atoms. The Balaban J connectivity index is 2.40. The Labute approximate surface area is 85.7 Å². The summed E-state index contributed by atoms with van der Waals surface area (Å²) >= 11 is 1.01. The maximum atomic E-state index is 11.3. The van der Waals surface area contributed by atoms with Gasteiger partial charge in [-0.05, 0) is 11.5 Å². The molecule has 0 aliphatic rings. The van der Waals surface area contributed by atoms with Crippen molar-refractivity contribution in [3.05, 3.63) is 11.1 Å². The summed E-state index contributed by atoms with van der Waals surface area (Å²) in [6, 6.07) is 0. The molecular formula is C8H11N3O2S. The van der Waals surface area contributed by atoms with Gasteiger partial charge in [0.15, 0.2) is 5.78 Å². The number of ketones is 1. The first-order valence-corrected chi connectivity index (χ1v) is 4.97. The standard InChI is InChI=1S/C8H11N3O2S/c1-5(2)6(12)3-9-8(13)7-4-10-11-14-7/h4-5H,3H2,1-2H3,(H,9,13). The first-order chi connectivity index (χ1) is 6.61. The maximum absolute atomic E-state index is 11.3. The summed E-state index contributed by atoms with van der Waals surface area (Å²) in [7, 11) is 0. The number of carbonyl (C=O) groups is 2. The van der Waals surface area contributed by atoms with Crippen LogP contribution in [0.1, 0.15) is 23.5 Å². The average molecular weight is 213 g/mol. The SMILES string of the molecule is CC(C)C(=O)CNC(=O)c1cnns1. The topological polar surface area (TPSA) is 72.0 Å². The highest BCUT2D eigenvalue weighted by Crippen LogP contribution is 2.01. The fourth-order valence-corrected chi connectivity index (χ4v) is 1.16. The Morgan fingerprint density at radius 3 is 2.79 bits per heavy atom. The van der Waals surface area contributed by atoms with Gasteiger partial charge in [0.25, 0.3) is 5.91 Å². The van der Waals surface area contributed by atoms with E-state index in [9.17, 15) is 9.59 Å². The second-order valence-corrected chi connectivity index (χ2v) is 3.87. The van der Waals surface area contributed by atoms with E-state index in [4.69, 9.17) is 0 Å². The smallest absolute Gasteiger partial charge is 0.265 e. The fourth-order valence-electron chi connectivity index (χ4n) is 0.726. The third kappa shape index (κ3) is 2.88. The van der Waals surface area contributed by atoms with Crippen LogP contribution >= 0.6 is 11.5 Å². The van der Waals surface area contributed by atoms with Crippen LogP contribution in [-0.2, 0) is 4.79 Å². The molecule has 0 saturated heterocycles. The van der Waals surface area contributed by atoms with Gasteiger partial charge in [0, 0.05) is 5.92 Å². The molecule has 76 valence electrons. The number of amides is 1. The zero-order valence-electron chi connectivity index (χ0n) is 7.98. The normalized spacial score (nSPS) is 10.2. The second kappa shape index (κ2) is 4.80. The van der Waals surface area contributed by atoms with Crippen LogP contribution in [0.2, 0.25) is 0 Å². The van der Waals surface area contributed by atoms with Crippen molar-refractivity contribution in [2.45, 2.75) is 13.8 Å². The molecule has 0 saturated carbocycles. The van der Waals surface area contributed by atoms with Gasteiger partial charge in [-0.25, -0.2) is 0 Å². The molecule has 1 aromatic heterocycles. The molecule has 5 nitrogen and oxygen atoms in total. The number of Topliss-reactive ketones (excluding diaryl/α,β-unsaturated/α-hetero) is 1. The Morgan fingerprint density at radius 2 is 2.29 bits per heavy atom. The zero-order chi connectivity index (χ0) is 10.6. The van der Waals surface area contributed by atoms with Gasteiger partial charge in [0.05, 0.1) is 12.7 Å². The molecule has 1 aromatic rings. The number of nitrogens with one attached hydrogen (secondary N) is 1. The van der Waals surface area contributed by atoms with E-state index in [1.54, 1.807) is 13.8 Å². The van der Waals surface area contributed by atoms with Crippen LogP contribution in [0.25, 0.3) is 0 Å². The van der Waals surface area contributed by atoms with Crippen LogP contribution in [0.3, 0.4) is 0 Å². The Bertz CT molecular complexity index is 321. The van der Waals surface area contributed by atoms with E-state index in [1.165, 1.54) is 6.20 Å². The van der Waals surface area contributed by atoms with E-state index in [1.807, 2.05) is 0 Å². The van der Waals surface area contributed by atoms with Crippen LogP contribution < -0.4 is 5.32 Å². The van der Waals surface area contributed by atoms with E-state index in [-0.39, 0.29) is 24.2 Å². The molecule has 0 fully saturated rings. The number of carbonyl (C=O) groups excluding carboxylic acids is 2. The van der Waals surface area contributed by atoms with Crippen LogP contribution in [0.4, 0.5) is 0 Å². The minimum absolute atomic E-state index is 0.0100. The summed E-state index contributed by atoms with van der Waals surface area (Å²) in [5.74, 6) is -0.347. The van der Waals surface area contributed by atoms with E-state index in [0.29, 0.717) is 4.88 Å². The molecule has 1 rings (SSSR count). The average Bonchev–Trinajstić information content (AvgIpc) is 2.66. The van der Waals surface area contributed by atoms with Gasteiger partial charge in [-0.3, -0.25) is 9.59 Å². The molecule has 0 aliphatic heterocycles. The summed E-state index contributed by atoms with van der Waals surface area (Å²) in [6.45, 7) is 3.65. The molecule has 0 atom stereocenters. The van der Waals surface area contributed by atoms with Gasteiger partial charge in [-0.2, -0.15) is 0 Å². The summed E-state index contributed by atoms with van der Waals surface area (Å²) in [5.41, 5.74) is 0. The number of nitrogens with zero attached hydrogens (tertiary/aromatic N) is 2. The van der Waals surface area contributed by atoms with Crippen molar-refractivity contribution in [1.29, 1.82) is 0 Å². The monoisotopic (exact) mass is 213 g/mol. The summed E-state index contributed by atoms with van der Waals surface area (Å²) in [4.78, 5) is 22.9. The highest BCUT2D eigenvalue weighted by Gasteiger charge is 2.11. The number of hydrogen-bond acceptors (Lipinski definition) is 5. The van der Waals surface area contributed by atoms with Gasteiger partial charge in [-0.15, -0.1) is 5.10 Å². The Hall–Kier alpha value is -1.30. The molecule has 0 aliphatic carbocycles. The van der Waals surface area contributed by atoms with Crippen LogP contribution in [-0.4, -0.2) is 27.8 Å². The minimum atomic E-state index is -0.297. The molecule has 0 radical (unpaired) electrons. The van der Waals surface area contributed by atoms with Gasteiger partial charge < -0.3 is 5.32 Å². The van der Waals surface area contributed by atoms with Crippen molar-refractivity contribution in [2.24, 2.45) is 5.92 Å². The highest BCUT2D eigenvalue weighted by molar-refractivity contribution is 7.07. The van der Waals surface area contributed by atoms with Crippen molar-refractivity contribution in [3.63, 3.8) is 0 Å². The molecule has 1 N–H and O–H groups in total. The third-order valence-electron chi connectivity index (χ3n) is 1.65. The largest absolute Gasteiger partial charge is 0.344 e. The van der Waals surface area contributed by atoms with Gasteiger partial charge >= 0.3 is 0 Å². The van der Waals surface area contributed by atoms with Gasteiger partial charge in [0.1, 0.15) is 4.88 Å². The van der Waals surface area contributed by atoms with Crippen molar-refractivity contribution in [2.75, 3.05) is 6.54 Å². The van der Waals surface area contributed by atoms with E-state index >= 15 is 0 Å². The zero-order valence-corrected chi connectivity index (χ0v) is 8.80. The molecule has 0 aromatic carbocycles. The van der Waals surface area contributed by atoms with Crippen molar-refractivity contribution in [1.82, 2.24) is 14.9 Å².